The Bertz CT molecular complexity index is 1120. The maximum Gasteiger partial charge on any atom is 0.100 e. The van der Waals surface area contributed by atoms with E-state index in [1.54, 1.807) is 0 Å². The minimum atomic E-state index is -0.145. The fourth-order valence-electron chi connectivity index (χ4n) is 3.77. The van der Waals surface area contributed by atoms with Gasteiger partial charge in [-0.15, -0.1) is 12.4 Å². The maximum atomic E-state index is 6.65. The molecule has 0 aliphatic rings. The molecule has 29 heavy (non-hydrogen) atoms. The van der Waals surface area contributed by atoms with Gasteiger partial charge in [0.05, 0.1) is 5.52 Å². The van der Waals surface area contributed by atoms with Crippen LogP contribution in [-0.4, -0.2) is 14.8 Å². The van der Waals surface area contributed by atoms with Gasteiger partial charge in [-0.3, -0.25) is 9.67 Å². The van der Waals surface area contributed by atoms with Crippen LogP contribution in [0.2, 0.25) is 0 Å². The van der Waals surface area contributed by atoms with Gasteiger partial charge in [-0.1, -0.05) is 48.5 Å². The molecule has 0 aliphatic heterocycles. The van der Waals surface area contributed by atoms with Gasteiger partial charge in [-0.25, -0.2) is 0 Å². The Morgan fingerprint density at radius 2 is 1.66 bits per heavy atom. The number of rotatable bonds is 5. The first-order valence-corrected chi connectivity index (χ1v) is 9.79. The second kappa shape index (κ2) is 8.76. The van der Waals surface area contributed by atoms with Crippen LogP contribution in [0.15, 0.2) is 66.7 Å². The molecule has 2 aromatic carbocycles. The molecule has 4 rings (SSSR count). The third-order valence-corrected chi connectivity index (χ3v) is 5.09. The van der Waals surface area contributed by atoms with E-state index in [0.29, 0.717) is 6.42 Å². The molecule has 4 aromatic rings. The van der Waals surface area contributed by atoms with Crippen molar-refractivity contribution in [1.29, 1.82) is 0 Å². The van der Waals surface area contributed by atoms with Crippen molar-refractivity contribution in [3.63, 3.8) is 0 Å². The minimum absolute atomic E-state index is 0. The van der Waals surface area contributed by atoms with Crippen LogP contribution < -0.4 is 5.73 Å². The lowest BCUT2D eigenvalue weighted by atomic mass is 9.94. The van der Waals surface area contributed by atoms with Crippen LogP contribution in [0.4, 0.5) is 0 Å². The summed E-state index contributed by atoms with van der Waals surface area (Å²) in [4.78, 5) is 4.62. The van der Waals surface area contributed by atoms with Gasteiger partial charge in [-0.05, 0) is 44.5 Å². The molecule has 0 saturated carbocycles. The summed E-state index contributed by atoms with van der Waals surface area (Å²) in [5, 5.41) is 6.13. The van der Waals surface area contributed by atoms with Crippen molar-refractivity contribution in [1.82, 2.24) is 14.8 Å². The smallest absolute Gasteiger partial charge is 0.100 e. The first-order valence-electron chi connectivity index (χ1n) is 9.79. The highest BCUT2D eigenvalue weighted by molar-refractivity contribution is 5.94. The van der Waals surface area contributed by atoms with Gasteiger partial charge >= 0.3 is 0 Å². The second-order valence-electron chi connectivity index (χ2n) is 7.57. The molecular weight excluding hydrogens is 380 g/mol. The minimum Gasteiger partial charge on any atom is -0.324 e. The summed E-state index contributed by atoms with van der Waals surface area (Å²) >= 11 is 0. The molecule has 1 unspecified atom stereocenters. The Kier molecular flexibility index (Phi) is 6.36. The molecule has 0 fully saturated rings. The van der Waals surface area contributed by atoms with E-state index in [-0.39, 0.29) is 24.5 Å². The Labute approximate surface area is 178 Å². The third-order valence-electron chi connectivity index (χ3n) is 5.09. The van der Waals surface area contributed by atoms with Crippen LogP contribution in [-0.2, 0) is 6.42 Å². The number of nitrogens with zero attached hydrogens (tertiary/aromatic N) is 3. The molecule has 4 nitrogen and oxygen atoms in total. The predicted molar refractivity (Wildman–Crippen MR) is 122 cm³/mol. The SMILES string of the molecule is Cc1cccc(CC(N)c2ccccc2-c2nn(C(C)C)c3ccccc23)n1.Cl. The summed E-state index contributed by atoms with van der Waals surface area (Å²) in [6.45, 7) is 6.32. The quantitative estimate of drug-likeness (QED) is 0.465. The average Bonchev–Trinajstić information content (AvgIpc) is 3.08. The van der Waals surface area contributed by atoms with E-state index < -0.39 is 0 Å². The highest BCUT2D eigenvalue weighted by Crippen LogP contribution is 2.34. The summed E-state index contributed by atoms with van der Waals surface area (Å²) < 4.78 is 2.09. The summed E-state index contributed by atoms with van der Waals surface area (Å²) in [5.41, 5.74) is 13.0. The Morgan fingerprint density at radius 1 is 0.931 bits per heavy atom. The molecule has 0 saturated heterocycles. The van der Waals surface area contributed by atoms with Gasteiger partial charge < -0.3 is 5.73 Å². The zero-order valence-electron chi connectivity index (χ0n) is 17.0. The van der Waals surface area contributed by atoms with Crippen molar-refractivity contribution in [2.24, 2.45) is 5.73 Å². The van der Waals surface area contributed by atoms with Gasteiger partial charge in [0.1, 0.15) is 5.69 Å². The van der Waals surface area contributed by atoms with E-state index in [0.717, 1.165) is 39.1 Å². The van der Waals surface area contributed by atoms with Crippen molar-refractivity contribution in [3.05, 3.63) is 83.7 Å². The van der Waals surface area contributed by atoms with E-state index in [9.17, 15) is 0 Å². The van der Waals surface area contributed by atoms with Crippen molar-refractivity contribution in [2.45, 2.75) is 39.3 Å². The summed E-state index contributed by atoms with van der Waals surface area (Å²) in [6, 6.07) is 23.0. The fourth-order valence-corrected chi connectivity index (χ4v) is 3.77. The molecule has 0 aliphatic carbocycles. The molecule has 0 bridgehead atoms. The van der Waals surface area contributed by atoms with Crippen LogP contribution in [0.25, 0.3) is 22.2 Å². The summed E-state index contributed by atoms with van der Waals surface area (Å²) in [5.74, 6) is 0. The standard InChI is InChI=1S/C24H26N4.ClH/c1-16(2)28-23-14-7-6-13-21(23)24(27-28)20-12-5-4-11-19(20)22(25)15-18-10-8-9-17(3)26-18;/h4-14,16,22H,15,25H2,1-3H3;1H. The Morgan fingerprint density at radius 3 is 2.41 bits per heavy atom. The second-order valence-corrected chi connectivity index (χ2v) is 7.57. The molecule has 5 heteroatoms. The number of aryl methyl sites for hydroxylation is 1. The van der Waals surface area contributed by atoms with E-state index >= 15 is 0 Å². The van der Waals surface area contributed by atoms with Gasteiger partial charge in [0, 0.05) is 40.8 Å². The number of nitrogens with two attached hydrogens (primary N) is 1. The van der Waals surface area contributed by atoms with Gasteiger partial charge in [0.25, 0.3) is 0 Å². The zero-order valence-corrected chi connectivity index (χ0v) is 17.9. The highest BCUT2D eigenvalue weighted by atomic mass is 35.5. The van der Waals surface area contributed by atoms with E-state index in [1.165, 1.54) is 0 Å². The first-order chi connectivity index (χ1) is 13.5. The molecule has 2 N–H and O–H groups in total. The van der Waals surface area contributed by atoms with E-state index in [1.807, 2.05) is 31.2 Å². The van der Waals surface area contributed by atoms with E-state index in [2.05, 4.69) is 66.0 Å². The fraction of sp³-hybridized carbons (Fsp3) is 0.250. The molecule has 0 amide bonds. The van der Waals surface area contributed by atoms with Crippen LogP contribution >= 0.6 is 12.4 Å². The van der Waals surface area contributed by atoms with Crippen molar-refractivity contribution in [2.75, 3.05) is 0 Å². The monoisotopic (exact) mass is 406 g/mol. The van der Waals surface area contributed by atoms with Crippen LogP contribution in [0, 0.1) is 6.92 Å². The summed E-state index contributed by atoms with van der Waals surface area (Å²) in [7, 11) is 0. The number of aromatic nitrogens is 3. The lowest BCUT2D eigenvalue weighted by Crippen LogP contribution is -2.15. The van der Waals surface area contributed by atoms with Crippen LogP contribution in [0.5, 0.6) is 0 Å². The number of hydrogen-bond donors (Lipinski definition) is 1. The maximum absolute atomic E-state index is 6.65. The first kappa shape index (κ1) is 21.0. The van der Waals surface area contributed by atoms with Gasteiger partial charge in [0.15, 0.2) is 0 Å². The van der Waals surface area contributed by atoms with Crippen molar-refractivity contribution >= 4 is 23.3 Å². The molecular formula is C24H27ClN4. The highest BCUT2D eigenvalue weighted by Gasteiger charge is 2.19. The van der Waals surface area contributed by atoms with Crippen molar-refractivity contribution in [3.8, 4) is 11.3 Å². The van der Waals surface area contributed by atoms with E-state index in [4.69, 9.17) is 10.8 Å². The number of pyridine rings is 1. The normalized spacial score (nSPS) is 12.2. The molecule has 0 radical (unpaired) electrons. The van der Waals surface area contributed by atoms with Crippen LogP contribution in [0.1, 0.15) is 42.9 Å². The largest absolute Gasteiger partial charge is 0.324 e. The lowest BCUT2D eigenvalue weighted by molar-refractivity contribution is 0.552. The Hall–Kier alpha value is -2.69. The van der Waals surface area contributed by atoms with Crippen LogP contribution in [0.3, 0.4) is 0 Å². The molecule has 1 atom stereocenters. The molecule has 150 valence electrons. The summed E-state index contributed by atoms with van der Waals surface area (Å²) in [6.07, 6.45) is 0.696. The number of benzene rings is 2. The number of halogens is 1. The zero-order chi connectivity index (χ0) is 19.7. The number of hydrogen-bond acceptors (Lipinski definition) is 3. The molecule has 2 aromatic heterocycles. The Balaban J connectivity index is 0.00000240. The lowest BCUT2D eigenvalue weighted by Gasteiger charge is -2.16. The van der Waals surface area contributed by atoms with Gasteiger partial charge in [-0.2, -0.15) is 5.10 Å². The number of fused-ring (bicyclic) bond motifs is 1. The third kappa shape index (κ3) is 4.19. The average molecular weight is 407 g/mol. The van der Waals surface area contributed by atoms with Crippen molar-refractivity contribution < 1.29 is 0 Å². The topological polar surface area (TPSA) is 56.7 Å². The van der Waals surface area contributed by atoms with Gasteiger partial charge in [0.2, 0.25) is 0 Å². The molecule has 2 heterocycles. The molecule has 0 spiro atoms. The number of para-hydroxylation sites is 1. The predicted octanol–water partition coefficient (Wildman–Crippen LogP) is 5.65.